The molecule has 25 heavy (non-hydrogen) atoms. The topological polar surface area (TPSA) is 57.1 Å². The highest BCUT2D eigenvalue weighted by Crippen LogP contribution is 2.22. The maximum Gasteiger partial charge on any atom is 0.317 e. The number of carbonyl (C=O) groups is 2. The highest BCUT2D eigenvalue weighted by molar-refractivity contribution is 5.96. The molecule has 2 aliphatic rings. The van der Waals surface area contributed by atoms with Crippen molar-refractivity contribution in [1.82, 2.24) is 10.2 Å². The van der Waals surface area contributed by atoms with Crippen molar-refractivity contribution in [2.24, 2.45) is 0 Å². The van der Waals surface area contributed by atoms with Gasteiger partial charge < -0.3 is 20.0 Å². The first-order chi connectivity index (χ1) is 11.9. The average Bonchev–Trinajstić information content (AvgIpc) is 2.96. The van der Waals surface area contributed by atoms with Crippen LogP contribution in [-0.4, -0.2) is 62.7 Å². The van der Waals surface area contributed by atoms with Gasteiger partial charge in [-0.15, -0.1) is 0 Å². The van der Waals surface area contributed by atoms with Crippen LogP contribution >= 0.6 is 0 Å². The van der Waals surface area contributed by atoms with Crippen LogP contribution in [0.25, 0.3) is 0 Å². The molecule has 2 fully saturated rings. The zero-order chi connectivity index (χ0) is 18.0. The van der Waals surface area contributed by atoms with Gasteiger partial charge in [0.05, 0.1) is 26.2 Å². The van der Waals surface area contributed by atoms with Crippen LogP contribution in [-0.2, 0) is 4.79 Å². The van der Waals surface area contributed by atoms with Gasteiger partial charge in [-0.1, -0.05) is 0 Å². The third kappa shape index (κ3) is 4.10. The highest BCUT2D eigenvalue weighted by Gasteiger charge is 2.33. The summed E-state index contributed by atoms with van der Waals surface area (Å²) in [5.41, 5.74) is 0.662. The van der Waals surface area contributed by atoms with Gasteiger partial charge in [0.25, 0.3) is 0 Å². The molecule has 3 amide bonds. The summed E-state index contributed by atoms with van der Waals surface area (Å²) in [6.45, 7) is 2.56. The standard InChI is InChI=1S/C18H25FN4O2/c1-21-9-7-15(8-10-21)22(2)18(25)20-14-11-17(24)23(12-14)16-5-3-13(19)4-6-16/h3-6,14-15H,7-12H2,1-2H3,(H,20,25)/p+1/t14-/m0/s1. The van der Waals surface area contributed by atoms with Crippen molar-refractivity contribution >= 4 is 17.6 Å². The van der Waals surface area contributed by atoms with E-state index >= 15 is 0 Å². The van der Waals surface area contributed by atoms with E-state index in [1.165, 1.54) is 17.0 Å². The number of amides is 3. The number of quaternary nitrogens is 1. The van der Waals surface area contributed by atoms with Crippen molar-refractivity contribution in [3.05, 3.63) is 30.1 Å². The van der Waals surface area contributed by atoms with E-state index in [1.54, 1.807) is 21.9 Å². The van der Waals surface area contributed by atoms with Crippen LogP contribution in [0.4, 0.5) is 14.9 Å². The minimum absolute atomic E-state index is 0.0533. The van der Waals surface area contributed by atoms with Gasteiger partial charge in [0.15, 0.2) is 0 Å². The van der Waals surface area contributed by atoms with E-state index in [2.05, 4.69) is 12.4 Å². The molecule has 0 unspecified atom stereocenters. The normalized spacial score (nSPS) is 26.6. The highest BCUT2D eigenvalue weighted by atomic mass is 19.1. The van der Waals surface area contributed by atoms with Crippen molar-refractivity contribution in [1.29, 1.82) is 0 Å². The number of piperidine rings is 1. The fraction of sp³-hybridized carbons (Fsp3) is 0.556. The SMILES string of the molecule is CN(C(=O)N[C@H]1CC(=O)N(c2ccc(F)cc2)C1)C1CC[NH+](C)CC1. The molecule has 0 spiro atoms. The molecule has 2 heterocycles. The number of anilines is 1. The molecule has 0 bridgehead atoms. The van der Waals surface area contributed by atoms with Crippen molar-refractivity contribution in [2.75, 3.05) is 38.6 Å². The molecule has 7 heteroatoms. The van der Waals surface area contributed by atoms with Crippen LogP contribution in [0.1, 0.15) is 19.3 Å². The summed E-state index contributed by atoms with van der Waals surface area (Å²) in [6, 6.07) is 5.77. The molecule has 2 saturated heterocycles. The second-order valence-corrected chi connectivity index (χ2v) is 7.13. The number of carbonyl (C=O) groups excluding carboxylic acids is 2. The number of likely N-dealkylation sites (tertiary alicyclic amines) is 1. The summed E-state index contributed by atoms with van der Waals surface area (Å²) in [6.07, 6.45) is 2.27. The Morgan fingerprint density at radius 2 is 1.92 bits per heavy atom. The van der Waals surface area contributed by atoms with Crippen LogP contribution in [0.5, 0.6) is 0 Å². The van der Waals surface area contributed by atoms with Gasteiger partial charge in [0.2, 0.25) is 5.91 Å². The quantitative estimate of drug-likeness (QED) is 0.822. The molecule has 2 aliphatic heterocycles. The van der Waals surface area contributed by atoms with Gasteiger partial charge in [-0.25, -0.2) is 9.18 Å². The Bertz CT molecular complexity index is 628. The Morgan fingerprint density at radius 3 is 2.56 bits per heavy atom. The first-order valence-electron chi connectivity index (χ1n) is 8.84. The first kappa shape index (κ1) is 17.7. The molecule has 2 N–H and O–H groups in total. The van der Waals surface area contributed by atoms with Gasteiger partial charge in [-0.3, -0.25) is 4.79 Å². The van der Waals surface area contributed by atoms with Crippen LogP contribution in [0.2, 0.25) is 0 Å². The molecule has 1 aromatic carbocycles. The van der Waals surface area contributed by atoms with Crippen LogP contribution in [0.3, 0.4) is 0 Å². The molecule has 0 aliphatic carbocycles. The van der Waals surface area contributed by atoms with Crippen LogP contribution < -0.4 is 15.1 Å². The molecule has 0 radical (unpaired) electrons. The fourth-order valence-electron chi connectivity index (χ4n) is 3.60. The Balaban J connectivity index is 1.55. The minimum atomic E-state index is -0.332. The third-order valence-electron chi connectivity index (χ3n) is 5.27. The number of rotatable bonds is 3. The Hall–Kier alpha value is -2.15. The lowest BCUT2D eigenvalue weighted by atomic mass is 10.0. The van der Waals surface area contributed by atoms with Crippen molar-refractivity contribution in [3.63, 3.8) is 0 Å². The van der Waals surface area contributed by atoms with Gasteiger partial charge in [0, 0.05) is 44.6 Å². The number of nitrogens with one attached hydrogen (secondary N) is 2. The van der Waals surface area contributed by atoms with Crippen molar-refractivity contribution < 1.29 is 18.9 Å². The van der Waals surface area contributed by atoms with Crippen LogP contribution in [0.15, 0.2) is 24.3 Å². The van der Waals surface area contributed by atoms with E-state index in [0.717, 1.165) is 25.9 Å². The fourth-order valence-corrected chi connectivity index (χ4v) is 3.60. The van der Waals surface area contributed by atoms with E-state index in [0.29, 0.717) is 12.2 Å². The van der Waals surface area contributed by atoms with Crippen molar-refractivity contribution in [2.45, 2.75) is 31.3 Å². The monoisotopic (exact) mass is 349 g/mol. The lowest BCUT2D eigenvalue weighted by molar-refractivity contribution is -0.885. The number of benzene rings is 1. The van der Waals surface area contributed by atoms with E-state index < -0.39 is 0 Å². The summed E-state index contributed by atoms with van der Waals surface area (Å²) in [4.78, 5) is 29.6. The van der Waals surface area contributed by atoms with E-state index in [4.69, 9.17) is 0 Å². The number of hydrogen-bond donors (Lipinski definition) is 2. The Labute approximate surface area is 147 Å². The number of halogens is 1. The molecular weight excluding hydrogens is 323 g/mol. The zero-order valence-corrected chi connectivity index (χ0v) is 14.8. The van der Waals surface area contributed by atoms with E-state index in [-0.39, 0.29) is 36.3 Å². The first-order valence-corrected chi connectivity index (χ1v) is 8.84. The zero-order valence-electron chi connectivity index (χ0n) is 14.8. The molecule has 1 aromatic rings. The van der Waals surface area contributed by atoms with Crippen LogP contribution in [0, 0.1) is 5.82 Å². The summed E-state index contributed by atoms with van der Waals surface area (Å²) in [7, 11) is 4.00. The second kappa shape index (κ2) is 7.39. The lowest BCUT2D eigenvalue weighted by Gasteiger charge is -2.33. The molecule has 0 aromatic heterocycles. The maximum atomic E-state index is 13.0. The van der Waals surface area contributed by atoms with Gasteiger partial charge >= 0.3 is 6.03 Å². The van der Waals surface area contributed by atoms with Gasteiger partial charge in [-0.2, -0.15) is 0 Å². The predicted molar refractivity (Wildman–Crippen MR) is 93.1 cm³/mol. The molecule has 136 valence electrons. The summed E-state index contributed by atoms with van der Waals surface area (Å²) < 4.78 is 13.0. The molecule has 0 saturated carbocycles. The van der Waals surface area contributed by atoms with Gasteiger partial charge in [0.1, 0.15) is 5.82 Å². The van der Waals surface area contributed by atoms with Gasteiger partial charge in [-0.05, 0) is 24.3 Å². The number of hydrogen-bond acceptors (Lipinski definition) is 2. The summed E-state index contributed by atoms with van der Waals surface area (Å²) in [5.74, 6) is -0.385. The minimum Gasteiger partial charge on any atom is -0.337 e. The molecule has 6 nitrogen and oxygen atoms in total. The third-order valence-corrected chi connectivity index (χ3v) is 5.27. The lowest BCUT2D eigenvalue weighted by Crippen LogP contribution is -3.10. The summed E-state index contributed by atoms with van der Waals surface area (Å²) in [5, 5.41) is 2.97. The number of urea groups is 1. The average molecular weight is 349 g/mol. The smallest absolute Gasteiger partial charge is 0.317 e. The maximum absolute atomic E-state index is 13.0. The largest absolute Gasteiger partial charge is 0.337 e. The molecule has 3 rings (SSSR count). The summed E-state index contributed by atoms with van der Waals surface area (Å²) >= 11 is 0. The molecule has 1 atom stereocenters. The van der Waals surface area contributed by atoms with E-state index in [1.807, 2.05) is 7.05 Å². The Kier molecular flexibility index (Phi) is 5.22. The predicted octanol–water partition coefficient (Wildman–Crippen LogP) is 0.250. The van der Waals surface area contributed by atoms with E-state index in [9.17, 15) is 14.0 Å². The number of nitrogens with zero attached hydrogens (tertiary/aromatic N) is 2. The molecular formula is C18H26FN4O2+. The Morgan fingerprint density at radius 1 is 1.28 bits per heavy atom. The second-order valence-electron chi connectivity index (χ2n) is 7.13. The van der Waals surface area contributed by atoms with Crippen molar-refractivity contribution in [3.8, 4) is 0 Å².